The highest BCUT2D eigenvalue weighted by Crippen LogP contribution is 2.37. The number of carboxylic acids is 1. The van der Waals surface area contributed by atoms with Gasteiger partial charge < -0.3 is 34.9 Å². The molecule has 0 amide bonds. The van der Waals surface area contributed by atoms with E-state index in [1.165, 1.54) is 0 Å². The number of carbonyl (C=O) groups is 1. The lowest BCUT2D eigenvalue weighted by Gasteiger charge is -2.39. The predicted octanol–water partition coefficient (Wildman–Crippen LogP) is -2.62. The van der Waals surface area contributed by atoms with Crippen molar-refractivity contribution >= 4 is 13.8 Å². The Hall–Kier alpha value is -0.580. The monoisotopic (exact) mass is 288 g/mol. The molecule has 18 heavy (non-hydrogen) atoms. The molecule has 1 aliphatic rings. The zero-order valence-corrected chi connectivity index (χ0v) is 9.80. The molecule has 10 nitrogen and oxygen atoms in total. The summed E-state index contributed by atoms with van der Waals surface area (Å²) in [5.74, 6) is -4.55. The summed E-state index contributed by atoms with van der Waals surface area (Å²) in [6, 6.07) is 0. The first-order valence-corrected chi connectivity index (χ1v) is 6.28. The van der Waals surface area contributed by atoms with E-state index in [0.29, 0.717) is 0 Å². The molecule has 0 saturated carbocycles. The van der Waals surface area contributed by atoms with Crippen LogP contribution >= 0.6 is 7.82 Å². The summed E-state index contributed by atoms with van der Waals surface area (Å²) >= 11 is 0. The minimum Gasteiger partial charge on any atom is -0.477 e. The third-order valence-corrected chi connectivity index (χ3v) is 2.83. The minimum atomic E-state index is -4.85. The summed E-state index contributed by atoms with van der Waals surface area (Å²) in [5, 5.41) is 37.0. The van der Waals surface area contributed by atoms with Gasteiger partial charge in [0.1, 0.15) is 12.2 Å². The van der Waals surface area contributed by atoms with Crippen LogP contribution in [0.4, 0.5) is 0 Å². The van der Waals surface area contributed by atoms with E-state index in [1.54, 1.807) is 0 Å². The van der Waals surface area contributed by atoms with E-state index in [-0.39, 0.29) is 0 Å². The van der Waals surface area contributed by atoms with Crippen LogP contribution in [0.1, 0.15) is 6.42 Å². The van der Waals surface area contributed by atoms with Crippen LogP contribution in [0.2, 0.25) is 0 Å². The first-order chi connectivity index (χ1) is 8.05. The number of hydrogen-bond acceptors (Lipinski definition) is 7. The van der Waals surface area contributed by atoms with Crippen molar-refractivity contribution in [2.75, 3.05) is 6.61 Å². The van der Waals surface area contributed by atoms with Crippen molar-refractivity contribution in [3.8, 4) is 0 Å². The molecule has 1 unspecified atom stereocenters. The second kappa shape index (κ2) is 5.19. The Bertz CT molecular complexity index is 365. The van der Waals surface area contributed by atoms with E-state index in [9.17, 15) is 24.7 Å². The van der Waals surface area contributed by atoms with Gasteiger partial charge in [-0.1, -0.05) is 0 Å². The summed E-state index contributed by atoms with van der Waals surface area (Å²) < 4.78 is 19.1. The second-order valence-electron chi connectivity index (χ2n) is 3.79. The van der Waals surface area contributed by atoms with Crippen LogP contribution < -0.4 is 0 Å². The molecule has 1 heterocycles. The standard InChI is InChI=1S/C7H13O10P/c8-3-1-7(12,6(10)11)17-4(5(3)9)2-16-18(13,14)15/h3-5,8-9,12H,1-2H2,(H,10,11)(H2,13,14,15)/t3-,4?,5+,7-/m1/s1. The zero-order valence-electron chi connectivity index (χ0n) is 8.91. The van der Waals surface area contributed by atoms with Gasteiger partial charge in [0, 0.05) is 6.42 Å². The Labute approximate surface area is 101 Å². The van der Waals surface area contributed by atoms with Crippen LogP contribution in [0.3, 0.4) is 0 Å². The Morgan fingerprint density at radius 2 is 2.00 bits per heavy atom. The lowest BCUT2D eigenvalue weighted by Crippen LogP contribution is -2.59. The van der Waals surface area contributed by atoms with Gasteiger partial charge in [-0.05, 0) is 0 Å². The lowest BCUT2D eigenvalue weighted by molar-refractivity contribution is -0.297. The maximum atomic E-state index is 10.7. The van der Waals surface area contributed by atoms with E-state index >= 15 is 0 Å². The number of aliphatic hydroxyl groups is 3. The summed E-state index contributed by atoms with van der Waals surface area (Å²) in [6.07, 6.45) is -5.65. The fourth-order valence-corrected chi connectivity index (χ4v) is 1.80. The van der Waals surface area contributed by atoms with Gasteiger partial charge in [-0.15, -0.1) is 0 Å². The molecule has 4 atom stereocenters. The van der Waals surface area contributed by atoms with Crippen molar-refractivity contribution in [3.63, 3.8) is 0 Å². The molecular formula is C7H13O10P. The third kappa shape index (κ3) is 3.70. The molecule has 0 aromatic heterocycles. The van der Waals surface area contributed by atoms with Crippen LogP contribution in [0, 0.1) is 0 Å². The SMILES string of the molecule is O=C(O)[C@@]1(O)C[C@@H](O)[C@H](O)C(COP(=O)(O)O)O1. The molecule has 0 bridgehead atoms. The van der Waals surface area contributed by atoms with Gasteiger partial charge in [0.2, 0.25) is 0 Å². The molecular weight excluding hydrogens is 275 g/mol. The van der Waals surface area contributed by atoms with Gasteiger partial charge in [0.15, 0.2) is 0 Å². The van der Waals surface area contributed by atoms with Gasteiger partial charge >= 0.3 is 13.8 Å². The summed E-state index contributed by atoms with van der Waals surface area (Å²) in [5.41, 5.74) is 0. The number of rotatable bonds is 4. The van der Waals surface area contributed by atoms with Crippen molar-refractivity contribution in [1.29, 1.82) is 0 Å². The van der Waals surface area contributed by atoms with Crippen LogP contribution in [-0.2, 0) is 18.6 Å². The average Bonchev–Trinajstić information content (AvgIpc) is 2.20. The Morgan fingerprint density at radius 3 is 2.44 bits per heavy atom. The smallest absolute Gasteiger partial charge is 0.469 e. The Kier molecular flexibility index (Phi) is 4.47. The molecule has 0 aliphatic carbocycles. The highest BCUT2D eigenvalue weighted by atomic mass is 31.2. The molecule has 106 valence electrons. The number of ether oxygens (including phenoxy) is 1. The normalized spacial score (nSPS) is 37.5. The lowest BCUT2D eigenvalue weighted by atomic mass is 9.96. The molecule has 0 aromatic carbocycles. The quantitative estimate of drug-likeness (QED) is 0.300. The maximum absolute atomic E-state index is 10.7. The van der Waals surface area contributed by atoms with Crippen molar-refractivity contribution < 1.29 is 48.8 Å². The van der Waals surface area contributed by atoms with Gasteiger partial charge in [0.25, 0.3) is 5.79 Å². The van der Waals surface area contributed by atoms with Gasteiger partial charge in [0.05, 0.1) is 12.7 Å². The molecule has 1 fully saturated rings. The number of aliphatic carboxylic acids is 1. The van der Waals surface area contributed by atoms with Crippen LogP contribution in [0.15, 0.2) is 0 Å². The van der Waals surface area contributed by atoms with Gasteiger partial charge in [-0.2, -0.15) is 0 Å². The van der Waals surface area contributed by atoms with E-state index in [2.05, 4.69) is 9.26 Å². The van der Waals surface area contributed by atoms with E-state index < -0.39 is 50.9 Å². The van der Waals surface area contributed by atoms with E-state index in [1.807, 2.05) is 0 Å². The number of hydrogen-bond donors (Lipinski definition) is 6. The van der Waals surface area contributed by atoms with Crippen molar-refractivity contribution in [1.82, 2.24) is 0 Å². The number of phosphoric ester groups is 1. The first kappa shape index (κ1) is 15.5. The summed E-state index contributed by atoms with van der Waals surface area (Å²) in [7, 11) is -4.85. The number of carboxylic acid groups (broad SMARTS) is 1. The van der Waals surface area contributed by atoms with E-state index in [4.69, 9.17) is 14.9 Å². The van der Waals surface area contributed by atoms with Crippen LogP contribution in [0.5, 0.6) is 0 Å². The van der Waals surface area contributed by atoms with Crippen molar-refractivity contribution in [2.45, 2.75) is 30.5 Å². The molecule has 0 radical (unpaired) electrons. The van der Waals surface area contributed by atoms with Crippen molar-refractivity contribution in [2.24, 2.45) is 0 Å². The molecule has 1 rings (SSSR count). The second-order valence-corrected chi connectivity index (χ2v) is 5.03. The maximum Gasteiger partial charge on any atom is 0.469 e. The predicted molar refractivity (Wildman–Crippen MR) is 52.1 cm³/mol. The third-order valence-electron chi connectivity index (χ3n) is 2.35. The topological polar surface area (TPSA) is 174 Å². The van der Waals surface area contributed by atoms with Crippen molar-refractivity contribution in [3.05, 3.63) is 0 Å². The molecule has 6 N–H and O–H groups in total. The highest BCUT2D eigenvalue weighted by molar-refractivity contribution is 7.46. The van der Waals surface area contributed by atoms with E-state index in [0.717, 1.165) is 0 Å². The summed E-state index contributed by atoms with van der Waals surface area (Å²) in [4.78, 5) is 27.6. The molecule has 11 heteroatoms. The van der Waals surface area contributed by atoms with Crippen LogP contribution in [-0.4, -0.2) is 66.9 Å². The largest absolute Gasteiger partial charge is 0.477 e. The zero-order chi connectivity index (χ0) is 14.1. The minimum absolute atomic E-state index is 0.782. The molecule has 0 spiro atoms. The molecule has 1 saturated heterocycles. The van der Waals surface area contributed by atoms with Gasteiger partial charge in [-0.3, -0.25) is 4.52 Å². The molecule has 0 aromatic rings. The number of phosphoric acid groups is 1. The molecule has 1 aliphatic heterocycles. The first-order valence-electron chi connectivity index (χ1n) is 4.75. The van der Waals surface area contributed by atoms with Gasteiger partial charge in [-0.25, -0.2) is 9.36 Å². The fraction of sp³-hybridized carbons (Fsp3) is 0.857. The Morgan fingerprint density at radius 1 is 1.44 bits per heavy atom. The highest BCUT2D eigenvalue weighted by Gasteiger charge is 2.50. The summed E-state index contributed by atoms with van der Waals surface area (Å²) in [6.45, 7) is -0.891. The number of aliphatic hydroxyl groups excluding tert-OH is 2. The van der Waals surface area contributed by atoms with Crippen LogP contribution in [0.25, 0.3) is 0 Å². The average molecular weight is 288 g/mol. The Balaban J connectivity index is 2.76. The fourth-order valence-electron chi connectivity index (χ4n) is 1.46.